The molecule has 1 unspecified atom stereocenters. The minimum Gasteiger partial charge on any atom is -0.0982 e. The van der Waals surface area contributed by atoms with Gasteiger partial charge in [0.15, 0.2) is 0 Å². The quantitative estimate of drug-likeness (QED) is 0.452. The third kappa shape index (κ3) is 3.12. The highest BCUT2D eigenvalue weighted by Gasteiger charge is 2.43. The lowest BCUT2D eigenvalue weighted by Crippen LogP contribution is -2.42. The van der Waals surface area contributed by atoms with E-state index in [1.165, 1.54) is 12.0 Å². The molecule has 0 aliphatic heterocycles. The summed E-state index contributed by atoms with van der Waals surface area (Å²) in [5, 5.41) is 0. The second-order valence-electron chi connectivity index (χ2n) is 7.10. The molecule has 0 aromatic rings. The smallest absolute Gasteiger partial charge is 0.0413 e. The van der Waals surface area contributed by atoms with Crippen molar-refractivity contribution in [2.45, 2.75) is 66.6 Å². The van der Waals surface area contributed by atoms with E-state index in [2.05, 4.69) is 77.9 Å². The minimum absolute atomic E-state index is 0.162. The Morgan fingerprint density at radius 3 is 1.69 bits per heavy atom. The summed E-state index contributed by atoms with van der Waals surface area (Å²) in [4.78, 5) is 0.356. The van der Waals surface area contributed by atoms with Crippen LogP contribution < -0.4 is 0 Å². The van der Waals surface area contributed by atoms with Gasteiger partial charge in [0.1, 0.15) is 0 Å². The molecule has 0 aliphatic carbocycles. The van der Waals surface area contributed by atoms with Crippen LogP contribution >= 0.6 is 15.9 Å². The maximum absolute atomic E-state index is 4.29. The highest BCUT2D eigenvalue weighted by molar-refractivity contribution is 9.09. The number of rotatable bonds is 4. The van der Waals surface area contributed by atoms with Gasteiger partial charge < -0.3 is 0 Å². The van der Waals surface area contributed by atoms with Crippen LogP contribution in [0, 0.1) is 16.2 Å². The van der Waals surface area contributed by atoms with E-state index in [0.717, 1.165) is 0 Å². The third-order valence-electron chi connectivity index (χ3n) is 4.53. The fraction of sp³-hybridized carbons (Fsp3) is 0.867. The standard InChI is InChI=1S/C15H29Br/c1-10-14(6,7)15(8,9)12(16)11(2)13(3,4)5/h12H,2,10H2,1,3-9H3. The van der Waals surface area contributed by atoms with Gasteiger partial charge in [-0.25, -0.2) is 0 Å². The van der Waals surface area contributed by atoms with Crippen LogP contribution in [0.4, 0.5) is 0 Å². The fourth-order valence-electron chi connectivity index (χ4n) is 1.61. The van der Waals surface area contributed by atoms with Crippen molar-refractivity contribution in [2.75, 3.05) is 0 Å². The molecular formula is C15H29Br. The molecule has 0 radical (unpaired) electrons. The van der Waals surface area contributed by atoms with E-state index < -0.39 is 0 Å². The van der Waals surface area contributed by atoms with Crippen molar-refractivity contribution in [2.24, 2.45) is 16.2 Å². The van der Waals surface area contributed by atoms with E-state index >= 15 is 0 Å². The summed E-state index contributed by atoms with van der Waals surface area (Å²) in [5.41, 5.74) is 1.95. The molecular weight excluding hydrogens is 260 g/mol. The topological polar surface area (TPSA) is 0 Å². The summed E-state index contributed by atoms with van der Waals surface area (Å²) in [6.45, 7) is 22.6. The molecule has 1 heteroatoms. The number of alkyl halides is 1. The normalized spacial score (nSPS) is 16.1. The van der Waals surface area contributed by atoms with Crippen molar-refractivity contribution in [1.82, 2.24) is 0 Å². The van der Waals surface area contributed by atoms with Crippen molar-refractivity contribution >= 4 is 15.9 Å². The van der Waals surface area contributed by atoms with Gasteiger partial charge in [-0.2, -0.15) is 0 Å². The maximum atomic E-state index is 4.29. The Kier molecular flexibility index (Phi) is 4.91. The van der Waals surface area contributed by atoms with Gasteiger partial charge in [0.2, 0.25) is 0 Å². The number of allylic oxidation sites excluding steroid dienone is 1. The molecule has 1 atom stereocenters. The minimum atomic E-state index is 0.162. The average Bonchev–Trinajstić information content (AvgIpc) is 2.13. The van der Waals surface area contributed by atoms with Crippen LogP contribution in [0.1, 0.15) is 61.8 Å². The van der Waals surface area contributed by atoms with Gasteiger partial charge >= 0.3 is 0 Å². The molecule has 0 N–H and O–H groups in total. The van der Waals surface area contributed by atoms with Crippen LogP contribution in [0.25, 0.3) is 0 Å². The number of hydrogen-bond acceptors (Lipinski definition) is 0. The van der Waals surface area contributed by atoms with Crippen molar-refractivity contribution in [3.8, 4) is 0 Å². The van der Waals surface area contributed by atoms with Crippen molar-refractivity contribution in [1.29, 1.82) is 0 Å². The molecule has 0 saturated carbocycles. The zero-order valence-corrected chi connectivity index (χ0v) is 14.0. The summed E-state index contributed by atoms with van der Waals surface area (Å²) in [6.07, 6.45) is 1.18. The first-order valence-electron chi connectivity index (χ1n) is 6.21. The summed E-state index contributed by atoms with van der Waals surface area (Å²) >= 11 is 3.88. The second-order valence-corrected chi connectivity index (χ2v) is 8.01. The molecule has 0 heterocycles. The van der Waals surface area contributed by atoms with Gasteiger partial charge in [0.25, 0.3) is 0 Å². The Hall–Kier alpha value is 0.220. The number of hydrogen-bond donors (Lipinski definition) is 0. The molecule has 0 rings (SSSR count). The molecule has 16 heavy (non-hydrogen) atoms. The van der Waals surface area contributed by atoms with Crippen molar-refractivity contribution < 1.29 is 0 Å². The van der Waals surface area contributed by atoms with Gasteiger partial charge in [0.05, 0.1) is 0 Å². The summed E-state index contributed by atoms with van der Waals surface area (Å²) in [5.74, 6) is 0. The van der Waals surface area contributed by atoms with Crippen LogP contribution in [0.2, 0.25) is 0 Å². The third-order valence-corrected chi connectivity index (χ3v) is 6.23. The highest BCUT2D eigenvalue weighted by Crippen LogP contribution is 2.50. The lowest BCUT2D eigenvalue weighted by atomic mass is 9.62. The first-order valence-corrected chi connectivity index (χ1v) is 7.13. The Bertz CT molecular complexity index is 253. The van der Waals surface area contributed by atoms with E-state index in [-0.39, 0.29) is 10.8 Å². The van der Waals surface area contributed by atoms with Crippen LogP contribution in [0.3, 0.4) is 0 Å². The van der Waals surface area contributed by atoms with Gasteiger partial charge in [-0.15, -0.1) is 0 Å². The predicted molar refractivity (Wildman–Crippen MR) is 79.2 cm³/mol. The number of halogens is 1. The maximum Gasteiger partial charge on any atom is 0.0413 e. The van der Waals surface area contributed by atoms with E-state index in [9.17, 15) is 0 Å². The molecule has 0 aromatic carbocycles. The Morgan fingerprint density at radius 2 is 1.44 bits per heavy atom. The van der Waals surface area contributed by atoms with Crippen LogP contribution in [0.15, 0.2) is 12.2 Å². The molecule has 0 spiro atoms. The monoisotopic (exact) mass is 288 g/mol. The predicted octanol–water partition coefficient (Wildman–Crippen LogP) is 5.81. The Balaban J connectivity index is 5.13. The zero-order valence-electron chi connectivity index (χ0n) is 12.4. The molecule has 0 aliphatic rings. The zero-order chi connectivity index (χ0) is 13.4. The molecule has 0 bridgehead atoms. The highest BCUT2D eigenvalue weighted by atomic mass is 79.9. The van der Waals surface area contributed by atoms with E-state index in [1.54, 1.807) is 0 Å². The first kappa shape index (κ1) is 16.2. The van der Waals surface area contributed by atoms with Crippen LogP contribution in [-0.2, 0) is 0 Å². The van der Waals surface area contributed by atoms with Crippen molar-refractivity contribution in [3.05, 3.63) is 12.2 Å². The summed E-state index contributed by atoms with van der Waals surface area (Å²) < 4.78 is 0. The second kappa shape index (κ2) is 4.84. The Labute approximate surface area is 111 Å². The van der Waals surface area contributed by atoms with Gasteiger partial charge in [0, 0.05) is 4.83 Å². The lowest BCUT2D eigenvalue weighted by molar-refractivity contribution is 0.107. The molecule has 0 aromatic heterocycles. The van der Waals surface area contributed by atoms with E-state index in [4.69, 9.17) is 0 Å². The fourth-order valence-corrected chi connectivity index (χ4v) is 2.92. The van der Waals surface area contributed by atoms with Gasteiger partial charge in [-0.3, -0.25) is 0 Å². The molecule has 0 saturated heterocycles. The van der Waals surface area contributed by atoms with Crippen molar-refractivity contribution in [3.63, 3.8) is 0 Å². The summed E-state index contributed by atoms with van der Waals surface area (Å²) in [6, 6.07) is 0. The molecule has 96 valence electrons. The van der Waals surface area contributed by atoms with E-state index in [0.29, 0.717) is 10.2 Å². The Morgan fingerprint density at radius 1 is 1.06 bits per heavy atom. The largest absolute Gasteiger partial charge is 0.0982 e. The first-order chi connectivity index (χ1) is 6.88. The van der Waals surface area contributed by atoms with Gasteiger partial charge in [-0.05, 0) is 16.2 Å². The SMILES string of the molecule is C=C(C(Br)C(C)(C)C(C)(C)CC)C(C)(C)C. The molecule has 0 amide bonds. The lowest BCUT2D eigenvalue weighted by Gasteiger charge is -2.47. The molecule has 0 nitrogen and oxygen atoms in total. The summed E-state index contributed by atoms with van der Waals surface area (Å²) in [7, 11) is 0. The van der Waals surface area contributed by atoms with Crippen LogP contribution in [0.5, 0.6) is 0 Å². The molecule has 0 fully saturated rings. The average molecular weight is 289 g/mol. The van der Waals surface area contributed by atoms with Crippen LogP contribution in [-0.4, -0.2) is 4.83 Å². The van der Waals surface area contributed by atoms with E-state index in [1.807, 2.05) is 0 Å². The van der Waals surface area contributed by atoms with Gasteiger partial charge in [-0.1, -0.05) is 89.9 Å².